The monoisotopic (exact) mass is 218 g/mol. The van der Waals surface area contributed by atoms with E-state index in [9.17, 15) is 13.2 Å². The van der Waals surface area contributed by atoms with Crippen molar-refractivity contribution in [3.63, 3.8) is 0 Å². The Balaban J connectivity index is 2.46. The highest BCUT2D eigenvalue weighted by Crippen LogP contribution is 2.32. The molecular formula is C9H5F3OS. The standard InChI is InChI=1S/C9H5F3OS/c10-9(11,12)13-7-2-1-3-8-6(7)4-5-14-8/h1-5H. The van der Waals surface area contributed by atoms with Crippen molar-refractivity contribution in [2.75, 3.05) is 0 Å². The van der Waals surface area contributed by atoms with Crippen LogP contribution >= 0.6 is 11.3 Å². The second-order valence-electron chi connectivity index (χ2n) is 2.64. The normalized spacial score (nSPS) is 11.9. The fraction of sp³-hybridized carbons (Fsp3) is 0.111. The van der Waals surface area contributed by atoms with Gasteiger partial charge < -0.3 is 4.74 Å². The van der Waals surface area contributed by atoms with E-state index in [4.69, 9.17) is 0 Å². The number of ether oxygens (including phenoxy) is 1. The van der Waals surface area contributed by atoms with Gasteiger partial charge in [-0.1, -0.05) is 6.07 Å². The van der Waals surface area contributed by atoms with Crippen LogP contribution in [-0.4, -0.2) is 6.36 Å². The molecule has 0 aliphatic heterocycles. The summed E-state index contributed by atoms with van der Waals surface area (Å²) in [4.78, 5) is 0. The Morgan fingerprint density at radius 1 is 1.14 bits per heavy atom. The molecule has 2 aromatic rings. The van der Waals surface area contributed by atoms with Gasteiger partial charge in [0.2, 0.25) is 0 Å². The van der Waals surface area contributed by atoms with E-state index in [1.165, 1.54) is 17.4 Å². The average molecular weight is 218 g/mol. The van der Waals surface area contributed by atoms with Gasteiger partial charge >= 0.3 is 6.36 Å². The van der Waals surface area contributed by atoms with Crippen LogP contribution in [0.25, 0.3) is 10.1 Å². The Kier molecular flexibility index (Phi) is 2.11. The molecule has 0 unspecified atom stereocenters. The molecule has 1 aromatic carbocycles. The van der Waals surface area contributed by atoms with E-state index in [1.54, 1.807) is 23.6 Å². The van der Waals surface area contributed by atoms with E-state index in [1.807, 2.05) is 0 Å². The lowest BCUT2D eigenvalue weighted by molar-refractivity contribution is -0.274. The first-order valence-electron chi connectivity index (χ1n) is 3.78. The molecule has 0 saturated heterocycles. The maximum absolute atomic E-state index is 12.0. The highest BCUT2D eigenvalue weighted by molar-refractivity contribution is 7.17. The topological polar surface area (TPSA) is 9.23 Å². The van der Waals surface area contributed by atoms with Crippen molar-refractivity contribution in [3.05, 3.63) is 29.6 Å². The van der Waals surface area contributed by atoms with E-state index < -0.39 is 6.36 Å². The van der Waals surface area contributed by atoms with Gasteiger partial charge in [0.15, 0.2) is 0 Å². The predicted octanol–water partition coefficient (Wildman–Crippen LogP) is 3.80. The summed E-state index contributed by atoms with van der Waals surface area (Å²) in [6.45, 7) is 0. The van der Waals surface area contributed by atoms with Gasteiger partial charge in [0.1, 0.15) is 5.75 Å². The number of hydrogen-bond donors (Lipinski definition) is 0. The minimum absolute atomic E-state index is 0.142. The van der Waals surface area contributed by atoms with Crippen LogP contribution in [0.1, 0.15) is 0 Å². The smallest absolute Gasteiger partial charge is 0.405 e. The Bertz CT molecular complexity index is 446. The summed E-state index contributed by atoms with van der Waals surface area (Å²) in [6.07, 6.45) is -4.63. The lowest BCUT2D eigenvalue weighted by Gasteiger charge is -2.09. The number of thiophene rings is 1. The lowest BCUT2D eigenvalue weighted by atomic mass is 10.2. The molecule has 1 nitrogen and oxygen atoms in total. The van der Waals surface area contributed by atoms with Crippen molar-refractivity contribution in [2.24, 2.45) is 0 Å². The average Bonchev–Trinajstić information content (AvgIpc) is 2.49. The zero-order valence-electron chi connectivity index (χ0n) is 6.84. The van der Waals surface area contributed by atoms with Gasteiger partial charge in [-0.25, -0.2) is 0 Å². The first-order valence-corrected chi connectivity index (χ1v) is 4.66. The SMILES string of the molecule is FC(F)(F)Oc1cccc2sccc12. The van der Waals surface area contributed by atoms with Crippen LogP contribution in [0.3, 0.4) is 0 Å². The Hall–Kier alpha value is -1.23. The number of rotatable bonds is 1. The zero-order valence-corrected chi connectivity index (χ0v) is 7.65. The lowest BCUT2D eigenvalue weighted by Crippen LogP contribution is -2.17. The van der Waals surface area contributed by atoms with Crippen molar-refractivity contribution in [2.45, 2.75) is 6.36 Å². The molecule has 0 N–H and O–H groups in total. The van der Waals surface area contributed by atoms with E-state index in [-0.39, 0.29) is 5.75 Å². The summed E-state index contributed by atoms with van der Waals surface area (Å²) in [5, 5.41) is 2.23. The van der Waals surface area contributed by atoms with Gasteiger partial charge in [0.25, 0.3) is 0 Å². The van der Waals surface area contributed by atoms with Crippen LogP contribution in [0, 0.1) is 0 Å². The second kappa shape index (κ2) is 3.16. The fourth-order valence-electron chi connectivity index (χ4n) is 1.18. The summed E-state index contributed by atoms with van der Waals surface area (Å²) in [6, 6.07) is 6.22. The Morgan fingerprint density at radius 2 is 1.93 bits per heavy atom. The first-order chi connectivity index (χ1) is 6.56. The molecule has 0 radical (unpaired) electrons. The Morgan fingerprint density at radius 3 is 2.64 bits per heavy atom. The molecule has 0 aliphatic carbocycles. The summed E-state index contributed by atoms with van der Waals surface area (Å²) in [7, 11) is 0. The van der Waals surface area contributed by atoms with Crippen molar-refractivity contribution in [1.29, 1.82) is 0 Å². The number of alkyl halides is 3. The van der Waals surface area contributed by atoms with Crippen LogP contribution in [0.5, 0.6) is 5.75 Å². The minimum atomic E-state index is -4.63. The number of halogens is 3. The minimum Gasteiger partial charge on any atom is -0.405 e. The zero-order chi connectivity index (χ0) is 10.2. The largest absolute Gasteiger partial charge is 0.573 e. The van der Waals surface area contributed by atoms with E-state index >= 15 is 0 Å². The van der Waals surface area contributed by atoms with Gasteiger partial charge in [-0.05, 0) is 23.6 Å². The molecule has 0 spiro atoms. The second-order valence-corrected chi connectivity index (χ2v) is 3.58. The molecule has 74 valence electrons. The van der Waals surface area contributed by atoms with E-state index in [2.05, 4.69) is 4.74 Å². The van der Waals surface area contributed by atoms with Crippen molar-refractivity contribution in [3.8, 4) is 5.75 Å². The molecule has 2 rings (SSSR count). The summed E-state index contributed by atoms with van der Waals surface area (Å²) >= 11 is 1.38. The van der Waals surface area contributed by atoms with Gasteiger partial charge in [-0.3, -0.25) is 0 Å². The van der Waals surface area contributed by atoms with Crippen molar-refractivity contribution < 1.29 is 17.9 Å². The van der Waals surface area contributed by atoms with Crippen LogP contribution in [0.15, 0.2) is 29.6 Å². The van der Waals surface area contributed by atoms with Crippen LogP contribution < -0.4 is 4.74 Å². The molecule has 0 amide bonds. The van der Waals surface area contributed by atoms with Crippen molar-refractivity contribution >= 4 is 21.4 Å². The molecule has 5 heteroatoms. The van der Waals surface area contributed by atoms with Crippen molar-refractivity contribution in [1.82, 2.24) is 0 Å². The van der Waals surface area contributed by atoms with Crippen LogP contribution in [0.4, 0.5) is 13.2 Å². The van der Waals surface area contributed by atoms with Crippen LogP contribution in [0.2, 0.25) is 0 Å². The van der Waals surface area contributed by atoms with Gasteiger partial charge in [0, 0.05) is 10.1 Å². The molecule has 0 saturated carbocycles. The maximum Gasteiger partial charge on any atom is 0.573 e. The number of fused-ring (bicyclic) bond motifs is 1. The fourth-order valence-corrected chi connectivity index (χ4v) is 1.98. The molecular weight excluding hydrogens is 213 g/mol. The van der Waals surface area contributed by atoms with Crippen LogP contribution in [-0.2, 0) is 0 Å². The highest BCUT2D eigenvalue weighted by atomic mass is 32.1. The molecule has 0 bridgehead atoms. The molecule has 1 aromatic heterocycles. The number of benzene rings is 1. The van der Waals surface area contributed by atoms with E-state index in [0.717, 1.165) is 4.70 Å². The summed E-state index contributed by atoms with van der Waals surface area (Å²) in [5.41, 5.74) is 0. The molecule has 0 fully saturated rings. The molecule has 14 heavy (non-hydrogen) atoms. The summed E-state index contributed by atoms with van der Waals surface area (Å²) < 4.78 is 40.5. The summed E-state index contributed by atoms with van der Waals surface area (Å²) in [5.74, 6) is -0.142. The quantitative estimate of drug-likeness (QED) is 0.707. The van der Waals surface area contributed by atoms with Gasteiger partial charge in [0.05, 0.1) is 0 Å². The molecule has 0 aliphatic rings. The molecule has 0 atom stereocenters. The van der Waals surface area contributed by atoms with E-state index in [0.29, 0.717) is 5.39 Å². The first kappa shape index (κ1) is 9.33. The van der Waals surface area contributed by atoms with Gasteiger partial charge in [-0.15, -0.1) is 24.5 Å². The predicted molar refractivity (Wildman–Crippen MR) is 48.5 cm³/mol. The number of hydrogen-bond acceptors (Lipinski definition) is 2. The highest BCUT2D eigenvalue weighted by Gasteiger charge is 2.31. The van der Waals surface area contributed by atoms with Gasteiger partial charge in [-0.2, -0.15) is 0 Å². The third-order valence-corrected chi connectivity index (χ3v) is 2.56. The molecule has 1 heterocycles. The maximum atomic E-state index is 12.0. The Labute approximate surface area is 81.7 Å². The third kappa shape index (κ3) is 1.82. The third-order valence-electron chi connectivity index (χ3n) is 1.68.